The van der Waals surface area contributed by atoms with E-state index in [2.05, 4.69) is 28.2 Å². The summed E-state index contributed by atoms with van der Waals surface area (Å²) in [6, 6.07) is 7.73. The van der Waals surface area contributed by atoms with Crippen molar-refractivity contribution in [2.24, 2.45) is 0 Å². The third kappa shape index (κ3) is 4.29. The van der Waals surface area contributed by atoms with Crippen LogP contribution < -0.4 is 10.1 Å². The van der Waals surface area contributed by atoms with Gasteiger partial charge in [-0.25, -0.2) is 0 Å². The van der Waals surface area contributed by atoms with Crippen molar-refractivity contribution < 1.29 is 4.74 Å². The molecule has 2 aromatic rings. The normalized spacial score (nSPS) is 10.6. The summed E-state index contributed by atoms with van der Waals surface area (Å²) in [7, 11) is 0. The predicted molar refractivity (Wildman–Crippen MR) is 91.6 cm³/mol. The lowest BCUT2D eigenvalue weighted by Crippen LogP contribution is -1.99. The Morgan fingerprint density at radius 2 is 2.10 bits per heavy atom. The van der Waals surface area contributed by atoms with Crippen molar-refractivity contribution in [3.05, 3.63) is 43.0 Å². The third-order valence-electron chi connectivity index (χ3n) is 2.56. The molecule has 0 bridgehead atoms. The molecule has 2 nitrogen and oxygen atoms in total. The molecule has 0 spiro atoms. The molecule has 0 radical (unpaired) electrons. The van der Waals surface area contributed by atoms with E-state index < -0.39 is 0 Å². The van der Waals surface area contributed by atoms with E-state index in [-0.39, 0.29) is 0 Å². The second kappa shape index (κ2) is 7.55. The molecule has 108 valence electrons. The van der Waals surface area contributed by atoms with E-state index in [0.29, 0.717) is 18.2 Å². The van der Waals surface area contributed by atoms with Crippen LogP contribution in [0.5, 0.6) is 5.75 Å². The molecule has 1 aromatic carbocycles. The minimum absolute atomic E-state index is 0.619. The second-order valence-electron chi connectivity index (χ2n) is 4.18. The number of ether oxygens (including phenoxy) is 1. The molecule has 1 heterocycles. The maximum Gasteiger partial charge on any atom is 0.138 e. The number of halogens is 3. The van der Waals surface area contributed by atoms with E-state index in [1.54, 1.807) is 11.3 Å². The van der Waals surface area contributed by atoms with Gasteiger partial charge in [-0.3, -0.25) is 0 Å². The molecule has 0 aliphatic heterocycles. The zero-order chi connectivity index (χ0) is 14.5. The van der Waals surface area contributed by atoms with Crippen molar-refractivity contribution in [3.63, 3.8) is 0 Å². The molecule has 0 aliphatic rings. The number of benzene rings is 1. The van der Waals surface area contributed by atoms with Crippen LogP contribution in [-0.4, -0.2) is 6.61 Å². The molecule has 6 heteroatoms. The Kier molecular flexibility index (Phi) is 6.02. The van der Waals surface area contributed by atoms with Crippen LogP contribution in [0.3, 0.4) is 0 Å². The smallest absolute Gasteiger partial charge is 0.138 e. The highest BCUT2D eigenvalue weighted by Gasteiger charge is 2.06. The standard InChI is InChI=1S/C14H14BrCl2NOS/c1-2-5-19-13-4-3-9(6-12(13)16)18-8-10-7-11(15)14(17)20-10/h3-4,6-7,18H,2,5,8H2,1H3. The van der Waals surface area contributed by atoms with Gasteiger partial charge in [-0.1, -0.05) is 30.1 Å². The van der Waals surface area contributed by atoms with Gasteiger partial charge in [-0.05, 0) is 46.6 Å². The van der Waals surface area contributed by atoms with Gasteiger partial charge in [0.2, 0.25) is 0 Å². The fraction of sp³-hybridized carbons (Fsp3) is 0.286. The summed E-state index contributed by atoms with van der Waals surface area (Å²) >= 11 is 17.1. The fourth-order valence-electron chi connectivity index (χ4n) is 1.61. The van der Waals surface area contributed by atoms with Gasteiger partial charge in [0.1, 0.15) is 10.1 Å². The van der Waals surface area contributed by atoms with Gasteiger partial charge in [0.25, 0.3) is 0 Å². The van der Waals surface area contributed by atoms with Gasteiger partial charge in [0, 0.05) is 21.6 Å². The van der Waals surface area contributed by atoms with Crippen LogP contribution >= 0.6 is 50.5 Å². The lowest BCUT2D eigenvalue weighted by atomic mass is 10.3. The van der Waals surface area contributed by atoms with E-state index in [1.807, 2.05) is 24.3 Å². The van der Waals surface area contributed by atoms with E-state index in [0.717, 1.165) is 31.5 Å². The summed E-state index contributed by atoms with van der Waals surface area (Å²) in [6.07, 6.45) is 0.963. The summed E-state index contributed by atoms with van der Waals surface area (Å²) in [5.74, 6) is 0.723. The number of nitrogens with one attached hydrogen (secondary N) is 1. The average Bonchev–Trinajstić information content (AvgIpc) is 2.74. The molecule has 0 fully saturated rings. The summed E-state index contributed by atoms with van der Waals surface area (Å²) in [6.45, 7) is 3.45. The lowest BCUT2D eigenvalue weighted by molar-refractivity contribution is 0.317. The first-order valence-corrected chi connectivity index (χ1v) is 8.56. The molecule has 0 unspecified atom stereocenters. The van der Waals surface area contributed by atoms with Crippen LogP contribution in [0.25, 0.3) is 0 Å². The number of hydrogen-bond acceptors (Lipinski definition) is 3. The summed E-state index contributed by atoms with van der Waals surface area (Å²) in [4.78, 5) is 1.16. The molecule has 0 saturated carbocycles. The van der Waals surface area contributed by atoms with Crippen molar-refractivity contribution in [3.8, 4) is 5.75 Å². The molecular weight excluding hydrogens is 381 g/mol. The van der Waals surface area contributed by atoms with Crippen molar-refractivity contribution in [1.29, 1.82) is 0 Å². The zero-order valence-electron chi connectivity index (χ0n) is 10.9. The zero-order valence-corrected chi connectivity index (χ0v) is 14.8. The quantitative estimate of drug-likeness (QED) is 0.627. The highest BCUT2D eigenvalue weighted by Crippen LogP contribution is 2.33. The van der Waals surface area contributed by atoms with Crippen LogP contribution in [-0.2, 0) is 6.54 Å². The molecule has 1 N–H and O–H groups in total. The molecular formula is C14H14BrCl2NOS. The SMILES string of the molecule is CCCOc1ccc(NCc2cc(Br)c(Cl)s2)cc1Cl. The predicted octanol–water partition coefficient (Wildman–Crippen LogP) is 6.22. The Labute approximate surface area is 141 Å². The molecule has 2 rings (SSSR count). The monoisotopic (exact) mass is 393 g/mol. The summed E-state index contributed by atoms with van der Waals surface area (Å²) in [5.41, 5.74) is 0.958. The topological polar surface area (TPSA) is 21.3 Å². The Bertz CT molecular complexity index is 569. The molecule has 0 saturated heterocycles. The third-order valence-corrected chi connectivity index (χ3v) is 5.33. The highest BCUT2D eigenvalue weighted by atomic mass is 79.9. The number of hydrogen-bond donors (Lipinski definition) is 1. The molecule has 0 atom stereocenters. The van der Waals surface area contributed by atoms with E-state index >= 15 is 0 Å². The van der Waals surface area contributed by atoms with Crippen molar-refractivity contribution in [1.82, 2.24) is 0 Å². The summed E-state index contributed by atoms with van der Waals surface area (Å²) in [5, 5.41) is 3.94. The van der Waals surface area contributed by atoms with Gasteiger partial charge in [-0.2, -0.15) is 0 Å². The van der Waals surface area contributed by atoms with E-state index in [4.69, 9.17) is 27.9 Å². The first kappa shape index (κ1) is 16.0. The molecule has 0 amide bonds. The van der Waals surface area contributed by atoms with Crippen molar-refractivity contribution >= 4 is 56.2 Å². The maximum atomic E-state index is 6.19. The van der Waals surface area contributed by atoms with E-state index in [9.17, 15) is 0 Å². The van der Waals surface area contributed by atoms with Gasteiger partial charge >= 0.3 is 0 Å². The number of anilines is 1. The van der Waals surface area contributed by atoms with Crippen molar-refractivity contribution in [2.45, 2.75) is 19.9 Å². The molecule has 0 aliphatic carbocycles. The van der Waals surface area contributed by atoms with Gasteiger partial charge < -0.3 is 10.1 Å². The van der Waals surface area contributed by atoms with Crippen LogP contribution in [0.2, 0.25) is 9.36 Å². The Balaban J connectivity index is 1.98. The second-order valence-corrected chi connectivity index (χ2v) is 7.18. The largest absolute Gasteiger partial charge is 0.492 e. The van der Waals surface area contributed by atoms with Gasteiger partial charge in [-0.15, -0.1) is 11.3 Å². The average molecular weight is 395 g/mol. The number of rotatable bonds is 6. The van der Waals surface area contributed by atoms with E-state index in [1.165, 1.54) is 0 Å². The Hall–Kier alpha value is -0.420. The Morgan fingerprint density at radius 3 is 2.70 bits per heavy atom. The minimum atomic E-state index is 0.619. The lowest BCUT2D eigenvalue weighted by Gasteiger charge is -2.10. The summed E-state index contributed by atoms with van der Waals surface area (Å²) < 4.78 is 7.24. The highest BCUT2D eigenvalue weighted by molar-refractivity contribution is 9.10. The first-order valence-electron chi connectivity index (χ1n) is 6.20. The first-order chi connectivity index (χ1) is 9.60. The van der Waals surface area contributed by atoms with Crippen LogP contribution in [0.4, 0.5) is 5.69 Å². The van der Waals surface area contributed by atoms with Crippen LogP contribution in [0, 0.1) is 0 Å². The van der Waals surface area contributed by atoms with Crippen LogP contribution in [0.15, 0.2) is 28.7 Å². The van der Waals surface area contributed by atoms with Gasteiger partial charge in [0.15, 0.2) is 0 Å². The fourth-order valence-corrected chi connectivity index (χ4v) is 3.57. The van der Waals surface area contributed by atoms with Crippen LogP contribution in [0.1, 0.15) is 18.2 Å². The van der Waals surface area contributed by atoms with Gasteiger partial charge in [0.05, 0.1) is 11.6 Å². The molecule has 20 heavy (non-hydrogen) atoms. The molecule has 1 aromatic heterocycles. The maximum absolute atomic E-state index is 6.19. The van der Waals surface area contributed by atoms with Crippen molar-refractivity contribution in [2.75, 3.05) is 11.9 Å². The Morgan fingerprint density at radius 1 is 1.30 bits per heavy atom. The minimum Gasteiger partial charge on any atom is -0.492 e. The number of thiophene rings is 1.